The number of carbonyl (C=O) groups is 3. The summed E-state index contributed by atoms with van der Waals surface area (Å²) in [7, 11) is 0. The van der Waals surface area contributed by atoms with Crippen LogP contribution < -0.4 is 0 Å². The fourth-order valence-corrected chi connectivity index (χ4v) is 8.29. The third kappa shape index (κ3) is 3.59. The third-order valence-electron chi connectivity index (χ3n) is 10.7. The van der Waals surface area contributed by atoms with Gasteiger partial charge in [0.15, 0.2) is 17.2 Å². The fourth-order valence-electron chi connectivity index (χ4n) is 8.29. The molecule has 0 aliphatic heterocycles. The van der Waals surface area contributed by atoms with Crippen molar-refractivity contribution < 1.29 is 39.9 Å². The monoisotopic (exact) mass is 588 g/mol. The summed E-state index contributed by atoms with van der Waals surface area (Å²) < 4.78 is 0. The lowest BCUT2D eigenvalue weighted by molar-refractivity contribution is -0.215. The molecule has 0 heterocycles. The van der Waals surface area contributed by atoms with Gasteiger partial charge in [-0.2, -0.15) is 0 Å². The van der Waals surface area contributed by atoms with E-state index in [1.54, 1.807) is 33.8 Å². The molecule has 8 heteroatoms. The first kappa shape index (κ1) is 30.7. The number of phenols is 1. The van der Waals surface area contributed by atoms with Crippen molar-refractivity contribution in [3.05, 3.63) is 70.0 Å². The van der Waals surface area contributed by atoms with Crippen molar-refractivity contribution in [1.29, 1.82) is 0 Å². The third-order valence-corrected chi connectivity index (χ3v) is 10.7. The zero-order valence-corrected chi connectivity index (χ0v) is 25.8. The van der Waals surface area contributed by atoms with Gasteiger partial charge in [-0.05, 0) is 53.0 Å². The predicted octanol–water partition coefficient (Wildman–Crippen LogP) is 5.51. The largest absolute Gasteiger partial charge is 0.508 e. The first-order chi connectivity index (χ1) is 19.9. The Morgan fingerprint density at radius 2 is 1.51 bits per heavy atom. The minimum absolute atomic E-state index is 0.0132. The number of hydrogen-bond acceptors (Lipinski definition) is 8. The minimum Gasteiger partial charge on any atom is -0.508 e. The topological polar surface area (TPSA) is 152 Å². The Morgan fingerprint density at radius 1 is 0.930 bits per heavy atom. The van der Waals surface area contributed by atoms with Crippen LogP contribution in [0.2, 0.25) is 0 Å². The van der Waals surface area contributed by atoms with E-state index in [9.17, 15) is 39.9 Å². The Bertz CT molecular complexity index is 1640. The van der Waals surface area contributed by atoms with Crippen LogP contribution in [0.3, 0.4) is 0 Å². The Kier molecular flexibility index (Phi) is 6.87. The number of allylic oxidation sites excluding steroid dienone is 1. The zero-order valence-electron chi connectivity index (χ0n) is 25.8. The highest BCUT2D eigenvalue weighted by atomic mass is 16.4. The van der Waals surface area contributed by atoms with Crippen LogP contribution >= 0.6 is 0 Å². The molecular weight excluding hydrogens is 548 g/mol. The Morgan fingerprint density at radius 3 is 2.02 bits per heavy atom. The van der Waals surface area contributed by atoms with Gasteiger partial charge in [0.05, 0.1) is 17.2 Å². The van der Waals surface area contributed by atoms with Gasteiger partial charge in [0, 0.05) is 16.7 Å². The number of carbonyl (C=O) groups excluding carboxylic acids is 3. The number of Topliss-reactive ketones (excluding diaryl/α,β-unsaturated/α-hetero) is 3. The second-order valence-corrected chi connectivity index (χ2v) is 13.5. The van der Waals surface area contributed by atoms with Crippen LogP contribution in [-0.4, -0.2) is 54.6 Å². The second-order valence-electron chi connectivity index (χ2n) is 13.5. The van der Waals surface area contributed by atoms with Gasteiger partial charge in [-0.15, -0.1) is 0 Å². The summed E-state index contributed by atoms with van der Waals surface area (Å²) in [5.74, 6) is -6.99. The van der Waals surface area contributed by atoms with Crippen LogP contribution in [-0.2, 0) is 14.4 Å². The molecule has 0 spiro atoms. The fraction of sp³-hybridized carbons (Fsp3) is 0.457. The lowest BCUT2D eigenvalue weighted by atomic mass is 9.40. The molecule has 0 saturated heterocycles. The normalized spacial score (nSPS) is 32.2. The molecule has 0 radical (unpaired) electrons. The standard InChI is InChI=1S/C35H40O8/c1-15(2)19-9-11-20(12-10-19)21-13-14-22(37)25-23(21)17(5)33(7)27(29(25)39)31(41)35(43)30(40)24(18(6)36)28(38)26(16(3)4)34(35,8)32(33)42/h9-17,26,32,37,39-40,42-43H,1-8H3/t17-,26?,32-,33+,34+,35+/m1/s1. The second kappa shape index (κ2) is 9.63. The number of aromatic hydroxyl groups is 1. The minimum atomic E-state index is -2.91. The van der Waals surface area contributed by atoms with E-state index in [1.807, 2.05) is 24.3 Å². The molecule has 6 atom stereocenters. The summed E-state index contributed by atoms with van der Waals surface area (Å²) in [6.07, 6.45) is -1.67. The molecule has 2 aromatic carbocycles. The average molecular weight is 589 g/mol. The van der Waals surface area contributed by atoms with E-state index in [-0.39, 0.29) is 16.9 Å². The molecule has 43 heavy (non-hydrogen) atoms. The molecule has 0 aromatic heterocycles. The highest BCUT2D eigenvalue weighted by Crippen LogP contribution is 2.68. The van der Waals surface area contributed by atoms with Crippen molar-refractivity contribution in [1.82, 2.24) is 0 Å². The summed E-state index contributed by atoms with van der Waals surface area (Å²) >= 11 is 0. The first-order valence-corrected chi connectivity index (χ1v) is 14.7. The number of ketones is 3. The number of aliphatic hydroxyl groups excluding tert-OH is 3. The highest BCUT2D eigenvalue weighted by Gasteiger charge is 2.77. The summed E-state index contributed by atoms with van der Waals surface area (Å²) in [4.78, 5) is 40.9. The van der Waals surface area contributed by atoms with Gasteiger partial charge in [0.25, 0.3) is 0 Å². The molecule has 228 valence electrons. The van der Waals surface area contributed by atoms with Crippen LogP contribution in [0.5, 0.6) is 5.75 Å². The zero-order chi connectivity index (χ0) is 32.1. The summed E-state index contributed by atoms with van der Waals surface area (Å²) in [6, 6.07) is 11.0. The molecule has 0 bridgehead atoms. The molecule has 1 unspecified atom stereocenters. The predicted molar refractivity (Wildman–Crippen MR) is 161 cm³/mol. The maximum Gasteiger partial charge on any atom is 0.203 e. The molecule has 8 nitrogen and oxygen atoms in total. The van der Waals surface area contributed by atoms with E-state index in [1.165, 1.54) is 13.0 Å². The Balaban J connectivity index is 1.87. The van der Waals surface area contributed by atoms with Crippen molar-refractivity contribution in [2.24, 2.45) is 22.7 Å². The SMILES string of the molecule is CC(=O)C1=C(O)[C@]2(O)C(=O)C3=C(O)c4c(O)ccc(-c5ccc(C(C)C)cc5)c4[C@@H](C)[C@]3(C)[C@@H](O)[C@]2(C)C(C(C)C)C1=O. The van der Waals surface area contributed by atoms with Gasteiger partial charge in [0.1, 0.15) is 22.8 Å². The van der Waals surface area contributed by atoms with Gasteiger partial charge in [0.2, 0.25) is 5.78 Å². The van der Waals surface area contributed by atoms with Crippen LogP contribution in [0.4, 0.5) is 0 Å². The number of aliphatic hydroxyl groups is 4. The summed E-state index contributed by atoms with van der Waals surface area (Å²) in [5, 5.41) is 58.9. The van der Waals surface area contributed by atoms with Crippen LogP contribution in [0.15, 0.2) is 53.3 Å². The average Bonchev–Trinajstić information content (AvgIpc) is 2.93. The number of rotatable bonds is 4. The smallest absolute Gasteiger partial charge is 0.203 e. The van der Waals surface area contributed by atoms with Gasteiger partial charge in [-0.1, -0.05) is 78.8 Å². The Labute approximate surface area is 251 Å². The van der Waals surface area contributed by atoms with Gasteiger partial charge < -0.3 is 25.5 Å². The summed E-state index contributed by atoms with van der Waals surface area (Å²) in [6.45, 7) is 13.4. The van der Waals surface area contributed by atoms with E-state index in [4.69, 9.17) is 0 Å². The van der Waals surface area contributed by atoms with E-state index >= 15 is 0 Å². The van der Waals surface area contributed by atoms with E-state index in [0.29, 0.717) is 17.0 Å². The molecule has 0 amide bonds. The van der Waals surface area contributed by atoms with Crippen LogP contribution in [0.1, 0.15) is 83.9 Å². The van der Waals surface area contributed by atoms with Crippen LogP contribution in [0.25, 0.3) is 16.9 Å². The van der Waals surface area contributed by atoms with Gasteiger partial charge in [-0.25, -0.2) is 0 Å². The van der Waals surface area contributed by atoms with Gasteiger partial charge >= 0.3 is 0 Å². The molecule has 5 N–H and O–H groups in total. The molecule has 2 aromatic rings. The van der Waals surface area contributed by atoms with Crippen molar-refractivity contribution >= 4 is 23.1 Å². The molecule has 3 aliphatic carbocycles. The van der Waals surface area contributed by atoms with E-state index in [0.717, 1.165) is 18.1 Å². The maximum atomic E-state index is 14.6. The van der Waals surface area contributed by atoms with E-state index in [2.05, 4.69) is 13.8 Å². The first-order valence-electron chi connectivity index (χ1n) is 14.7. The number of fused-ring (bicyclic) bond motifs is 3. The van der Waals surface area contributed by atoms with Crippen molar-refractivity contribution in [2.45, 2.75) is 78.9 Å². The number of hydrogen-bond donors (Lipinski definition) is 5. The van der Waals surface area contributed by atoms with E-state index < -0.39 is 74.7 Å². The lowest BCUT2D eigenvalue weighted by Crippen LogP contribution is -2.75. The van der Waals surface area contributed by atoms with Crippen molar-refractivity contribution in [3.63, 3.8) is 0 Å². The molecular formula is C35H40O8. The number of benzene rings is 2. The lowest BCUT2D eigenvalue weighted by Gasteiger charge is -2.63. The quantitative estimate of drug-likeness (QED) is 0.293. The Hall–Kier alpha value is -3.75. The summed E-state index contributed by atoms with van der Waals surface area (Å²) in [5.41, 5.74) is -4.47. The molecule has 5 rings (SSSR count). The van der Waals surface area contributed by atoms with Crippen LogP contribution in [0, 0.1) is 22.7 Å². The molecule has 1 saturated carbocycles. The van der Waals surface area contributed by atoms with Gasteiger partial charge in [-0.3, -0.25) is 14.4 Å². The molecule has 1 fully saturated rings. The number of phenolic OH excluding ortho intramolecular Hbond substituents is 1. The highest BCUT2D eigenvalue weighted by molar-refractivity contribution is 6.24. The maximum absolute atomic E-state index is 14.6. The molecule has 3 aliphatic rings. The van der Waals surface area contributed by atoms with Crippen molar-refractivity contribution in [2.75, 3.05) is 0 Å². The van der Waals surface area contributed by atoms with Crippen molar-refractivity contribution in [3.8, 4) is 16.9 Å².